The highest BCUT2D eigenvalue weighted by Crippen LogP contribution is 2.28. The van der Waals surface area contributed by atoms with Gasteiger partial charge in [0.05, 0.1) is 7.11 Å². The van der Waals surface area contributed by atoms with Gasteiger partial charge in [-0.2, -0.15) is 11.8 Å². The number of aromatic nitrogens is 2. The molecule has 0 aliphatic heterocycles. The molecule has 5 nitrogen and oxygen atoms in total. The third kappa shape index (κ3) is 5.55. The number of thioether (sulfide) groups is 1. The van der Waals surface area contributed by atoms with Gasteiger partial charge < -0.3 is 15.4 Å². The fourth-order valence-electron chi connectivity index (χ4n) is 1.80. The molecule has 0 unspecified atom stereocenters. The number of hydrogen-bond donors (Lipinski definition) is 2. The first-order valence-electron chi connectivity index (χ1n) is 6.63. The van der Waals surface area contributed by atoms with Gasteiger partial charge in [0, 0.05) is 13.6 Å². The largest absolute Gasteiger partial charge is 0.490 e. The Balaban J connectivity index is 2.33. The zero-order valence-corrected chi connectivity index (χ0v) is 12.8. The fourth-order valence-corrected chi connectivity index (χ4v) is 2.30. The van der Waals surface area contributed by atoms with Crippen LogP contribution in [-0.2, 0) is 0 Å². The van der Waals surface area contributed by atoms with E-state index >= 15 is 0 Å². The minimum absolute atomic E-state index is 0.674. The van der Waals surface area contributed by atoms with Crippen molar-refractivity contribution in [1.29, 1.82) is 0 Å². The van der Waals surface area contributed by atoms with Crippen LogP contribution < -0.4 is 15.4 Å². The summed E-state index contributed by atoms with van der Waals surface area (Å²) in [5.41, 5.74) is 0. The van der Waals surface area contributed by atoms with E-state index in [1.54, 1.807) is 7.11 Å². The van der Waals surface area contributed by atoms with E-state index in [0.29, 0.717) is 11.6 Å². The van der Waals surface area contributed by atoms with E-state index in [0.717, 1.165) is 18.8 Å². The zero-order valence-electron chi connectivity index (χ0n) is 12.0. The molecule has 0 amide bonds. The van der Waals surface area contributed by atoms with Crippen LogP contribution in [-0.4, -0.2) is 42.7 Å². The average molecular weight is 284 g/mol. The summed E-state index contributed by atoms with van der Waals surface area (Å²) in [5.74, 6) is 3.40. The number of rotatable bonds is 10. The van der Waals surface area contributed by atoms with Crippen molar-refractivity contribution in [2.24, 2.45) is 0 Å². The quantitative estimate of drug-likeness (QED) is 0.644. The summed E-state index contributed by atoms with van der Waals surface area (Å²) in [5, 5.41) is 6.30. The second-order valence-electron chi connectivity index (χ2n) is 4.19. The maximum absolute atomic E-state index is 5.32. The van der Waals surface area contributed by atoms with Crippen LogP contribution >= 0.6 is 11.8 Å². The maximum atomic E-state index is 5.32. The van der Waals surface area contributed by atoms with E-state index < -0.39 is 0 Å². The lowest BCUT2D eigenvalue weighted by Gasteiger charge is -2.12. The molecule has 0 saturated carbocycles. The Hall–Kier alpha value is -1.17. The smallest absolute Gasteiger partial charge is 0.204 e. The van der Waals surface area contributed by atoms with Gasteiger partial charge in [-0.3, -0.25) is 0 Å². The van der Waals surface area contributed by atoms with Gasteiger partial charge in [-0.15, -0.1) is 0 Å². The molecular formula is C13H24N4OS. The lowest BCUT2D eigenvalue weighted by atomic mass is 10.2. The number of hydrogen-bond acceptors (Lipinski definition) is 6. The molecule has 0 aromatic carbocycles. The summed E-state index contributed by atoms with van der Waals surface area (Å²) in [6, 6.07) is 0. The molecule has 1 heterocycles. The maximum Gasteiger partial charge on any atom is 0.204 e. The van der Waals surface area contributed by atoms with Crippen molar-refractivity contribution in [3.63, 3.8) is 0 Å². The number of nitrogens with zero attached hydrogens (tertiary/aromatic N) is 2. The normalized spacial score (nSPS) is 10.3. The Morgan fingerprint density at radius 1 is 1.16 bits per heavy atom. The van der Waals surface area contributed by atoms with E-state index in [2.05, 4.69) is 26.9 Å². The Morgan fingerprint density at radius 2 is 1.89 bits per heavy atom. The SMILES string of the molecule is CNc1ncnc(NCCCCCCSC)c1OC. The van der Waals surface area contributed by atoms with Crippen LogP contribution in [0.3, 0.4) is 0 Å². The van der Waals surface area contributed by atoms with E-state index in [1.807, 2.05) is 18.8 Å². The average Bonchev–Trinajstić information content (AvgIpc) is 2.45. The summed E-state index contributed by atoms with van der Waals surface area (Å²) < 4.78 is 5.32. The van der Waals surface area contributed by atoms with Crippen LogP contribution in [0.5, 0.6) is 5.75 Å². The Kier molecular flexibility index (Phi) is 8.13. The van der Waals surface area contributed by atoms with Gasteiger partial charge in [-0.25, -0.2) is 9.97 Å². The highest BCUT2D eigenvalue weighted by Gasteiger charge is 2.09. The Labute approximate surface area is 119 Å². The van der Waals surface area contributed by atoms with Crippen molar-refractivity contribution in [3.05, 3.63) is 6.33 Å². The topological polar surface area (TPSA) is 59.1 Å². The predicted molar refractivity (Wildman–Crippen MR) is 83.5 cm³/mol. The molecule has 0 saturated heterocycles. The molecule has 1 aromatic rings. The van der Waals surface area contributed by atoms with Crippen molar-refractivity contribution in [1.82, 2.24) is 9.97 Å². The van der Waals surface area contributed by atoms with Crippen LogP contribution in [0, 0.1) is 0 Å². The molecule has 2 N–H and O–H groups in total. The molecule has 19 heavy (non-hydrogen) atoms. The molecule has 0 aliphatic carbocycles. The molecule has 0 spiro atoms. The Morgan fingerprint density at radius 3 is 2.58 bits per heavy atom. The highest BCUT2D eigenvalue weighted by molar-refractivity contribution is 7.98. The third-order valence-electron chi connectivity index (χ3n) is 2.81. The second kappa shape index (κ2) is 9.72. The van der Waals surface area contributed by atoms with Gasteiger partial charge >= 0.3 is 0 Å². The van der Waals surface area contributed by atoms with Crippen molar-refractivity contribution in [2.45, 2.75) is 25.7 Å². The number of unbranched alkanes of at least 4 members (excludes halogenated alkanes) is 3. The van der Waals surface area contributed by atoms with E-state index in [4.69, 9.17) is 4.74 Å². The van der Waals surface area contributed by atoms with E-state index in [9.17, 15) is 0 Å². The molecule has 6 heteroatoms. The van der Waals surface area contributed by atoms with Crippen molar-refractivity contribution in [2.75, 3.05) is 43.3 Å². The minimum atomic E-state index is 0.674. The molecule has 0 radical (unpaired) electrons. The zero-order chi connectivity index (χ0) is 13.9. The number of nitrogens with one attached hydrogen (secondary N) is 2. The summed E-state index contributed by atoms with van der Waals surface area (Å²) in [6.07, 6.45) is 8.70. The lowest BCUT2D eigenvalue weighted by Crippen LogP contribution is -2.07. The van der Waals surface area contributed by atoms with Crippen LogP contribution in [0.2, 0.25) is 0 Å². The fraction of sp³-hybridized carbons (Fsp3) is 0.692. The first kappa shape index (κ1) is 15.9. The molecule has 1 aromatic heterocycles. The molecule has 0 atom stereocenters. The van der Waals surface area contributed by atoms with Crippen molar-refractivity contribution < 1.29 is 4.74 Å². The molecule has 0 aliphatic rings. The summed E-state index contributed by atoms with van der Waals surface area (Å²) in [6.45, 7) is 0.912. The summed E-state index contributed by atoms with van der Waals surface area (Å²) in [4.78, 5) is 8.33. The second-order valence-corrected chi connectivity index (χ2v) is 5.17. The van der Waals surface area contributed by atoms with E-state index in [1.165, 1.54) is 31.3 Å². The predicted octanol–water partition coefficient (Wildman–Crippen LogP) is 2.86. The lowest BCUT2D eigenvalue weighted by molar-refractivity contribution is 0.415. The van der Waals surface area contributed by atoms with Crippen LogP contribution in [0.4, 0.5) is 11.6 Å². The minimum Gasteiger partial charge on any atom is -0.490 e. The monoisotopic (exact) mass is 284 g/mol. The van der Waals surface area contributed by atoms with Crippen LogP contribution in [0.15, 0.2) is 6.33 Å². The molecule has 0 fully saturated rings. The third-order valence-corrected chi connectivity index (χ3v) is 3.51. The molecule has 1 rings (SSSR count). The van der Waals surface area contributed by atoms with Gasteiger partial charge in [0.25, 0.3) is 0 Å². The molecule has 108 valence electrons. The van der Waals surface area contributed by atoms with Crippen molar-refractivity contribution in [3.8, 4) is 5.75 Å². The van der Waals surface area contributed by atoms with Gasteiger partial charge in [0.2, 0.25) is 5.75 Å². The van der Waals surface area contributed by atoms with Crippen LogP contribution in [0.1, 0.15) is 25.7 Å². The first-order chi connectivity index (χ1) is 9.33. The van der Waals surface area contributed by atoms with Gasteiger partial charge in [0.1, 0.15) is 6.33 Å². The van der Waals surface area contributed by atoms with Gasteiger partial charge in [-0.05, 0) is 24.9 Å². The number of methoxy groups -OCH3 is 1. The number of anilines is 2. The van der Waals surface area contributed by atoms with Crippen molar-refractivity contribution >= 4 is 23.4 Å². The summed E-state index contributed by atoms with van der Waals surface area (Å²) in [7, 11) is 3.45. The van der Waals surface area contributed by atoms with E-state index in [-0.39, 0.29) is 0 Å². The van der Waals surface area contributed by atoms with Crippen LogP contribution in [0.25, 0.3) is 0 Å². The molecule has 0 bridgehead atoms. The number of ether oxygens (including phenoxy) is 1. The standard InChI is InChI=1S/C13H24N4OS/c1-14-12-11(18-2)13(17-10-16-12)15-8-6-4-5-7-9-19-3/h10H,4-9H2,1-3H3,(H2,14,15,16,17). The molecular weight excluding hydrogens is 260 g/mol. The van der Waals surface area contributed by atoms with Gasteiger partial charge in [-0.1, -0.05) is 12.8 Å². The highest BCUT2D eigenvalue weighted by atomic mass is 32.2. The Bertz CT molecular complexity index is 362. The first-order valence-corrected chi connectivity index (χ1v) is 8.02. The summed E-state index contributed by atoms with van der Waals surface area (Å²) >= 11 is 1.92. The van der Waals surface area contributed by atoms with Gasteiger partial charge in [0.15, 0.2) is 11.6 Å².